The van der Waals surface area contributed by atoms with Gasteiger partial charge in [0.2, 0.25) is 0 Å². The number of fused-ring (bicyclic) bond motifs is 3. The molecule has 1 heterocycles. The van der Waals surface area contributed by atoms with E-state index >= 15 is 0 Å². The van der Waals surface area contributed by atoms with Crippen molar-refractivity contribution >= 4 is 33.2 Å². The molecule has 0 aliphatic rings. The second-order valence-corrected chi connectivity index (χ2v) is 4.92. The van der Waals surface area contributed by atoms with Crippen LogP contribution < -0.4 is 5.32 Å². The van der Waals surface area contributed by atoms with Gasteiger partial charge in [-0.2, -0.15) is 0 Å². The van der Waals surface area contributed by atoms with Crippen LogP contribution in [0.25, 0.3) is 21.8 Å². The van der Waals surface area contributed by atoms with Gasteiger partial charge in [0.15, 0.2) is 0 Å². The van der Waals surface area contributed by atoms with Crippen LogP contribution in [0.15, 0.2) is 72.8 Å². The van der Waals surface area contributed by atoms with Crippen LogP contribution in [0.3, 0.4) is 0 Å². The molecular weight excluding hydrogens is 244 g/mol. The number of aromatic amines is 1. The maximum absolute atomic E-state index is 3.46. The molecule has 0 bridgehead atoms. The lowest BCUT2D eigenvalue weighted by Crippen LogP contribution is -1.88. The third-order valence-corrected chi connectivity index (χ3v) is 3.57. The van der Waals surface area contributed by atoms with E-state index in [1.807, 2.05) is 18.2 Å². The number of rotatable bonds is 2. The zero-order valence-corrected chi connectivity index (χ0v) is 10.9. The van der Waals surface area contributed by atoms with Crippen LogP contribution in [0.2, 0.25) is 0 Å². The number of aromatic nitrogens is 1. The lowest BCUT2D eigenvalue weighted by atomic mass is 10.1. The Balaban J connectivity index is 1.81. The molecule has 0 aliphatic carbocycles. The molecule has 3 aromatic carbocycles. The molecule has 20 heavy (non-hydrogen) atoms. The van der Waals surface area contributed by atoms with Crippen LogP contribution in [0.4, 0.5) is 11.4 Å². The standard InChI is InChI=1S/C18H14N2/c1-2-6-13(7-3-1)19-14-10-11-16-15-8-4-5-9-17(15)20-18(16)12-14/h1-12,19-20H. The molecule has 0 saturated carbocycles. The topological polar surface area (TPSA) is 27.8 Å². The van der Waals surface area contributed by atoms with Crippen molar-refractivity contribution < 1.29 is 0 Å². The molecule has 0 saturated heterocycles. The van der Waals surface area contributed by atoms with Gasteiger partial charge in [0.05, 0.1) is 0 Å². The van der Waals surface area contributed by atoms with Crippen LogP contribution in [-0.4, -0.2) is 4.98 Å². The van der Waals surface area contributed by atoms with E-state index in [1.165, 1.54) is 16.3 Å². The highest BCUT2D eigenvalue weighted by molar-refractivity contribution is 6.08. The molecule has 96 valence electrons. The zero-order valence-electron chi connectivity index (χ0n) is 10.9. The number of hydrogen-bond acceptors (Lipinski definition) is 1. The third-order valence-electron chi connectivity index (χ3n) is 3.57. The van der Waals surface area contributed by atoms with E-state index in [0.717, 1.165) is 16.9 Å². The van der Waals surface area contributed by atoms with E-state index in [1.54, 1.807) is 0 Å². The summed E-state index contributed by atoms with van der Waals surface area (Å²) in [7, 11) is 0. The minimum absolute atomic E-state index is 1.09. The SMILES string of the molecule is c1ccc(Nc2ccc3c(c2)[nH]c2ccccc23)cc1. The summed E-state index contributed by atoms with van der Waals surface area (Å²) < 4.78 is 0. The summed E-state index contributed by atoms with van der Waals surface area (Å²) >= 11 is 0. The average molecular weight is 258 g/mol. The highest BCUT2D eigenvalue weighted by Gasteiger charge is 2.04. The van der Waals surface area contributed by atoms with Crippen molar-refractivity contribution in [3.05, 3.63) is 72.8 Å². The fourth-order valence-corrected chi connectivity index (χ4v) is 2.62. The van der Waals surface area contributed by atoms with Crippen molar-refractivity contribution in [3.8, 4) is 0 Å². The molecule has 4 rings (SSSR count). The lowest BCUT2D eigenvalue weighted by Gasteiger charge is -2.06. The number of H-pyrrole nitrogens is 1. The molecule has 0 atom stereocenters. The van der Waals surface area contributed by atoms with Crippen molar-refractivity contribution in [1.82, 2.24) is 4.98 Å². The monoisotopic (exact) mass is 258 g/mol. The molecule has 0 amide bonds. The van der Waals surface area contributed by atoms with Gasteiger partial charge in [-0.1, -0.05) is 42.5 Å². The molecular formula is C18H14N2. The van der Waals surface area contributed by atoms with Crippen molar-refractivity contribution in [2.24, 2.45) is 0 Å². The molecule has 0 spiro atoms. The predicted molar refractivity (Wildman–Crippen MR) is 85.5 cm³/mol. The first-order chi connectivity index (χ1) is 9.90. The first-order valence-electron chi connectivity index (χ1n) is 6.73. The minimum atomic E-state index is 1.09. The van der Waals surface area contributed by atoms with Crippen LogP contribution in [0.5, 0.6) is 0 Å². The maximum atomic E-state index is 3.46. The minimum Gasteiger partial charge on any atom is -0.355 e. The van der Waals surface area contributed by atoms with Gasteiger partial charge in [0.25, 0.3) is 0 Å². The van der Waals surface area contributed by atoms with Crippen molar-refractivity contribution in [3.63, 3.8) is 0 Å². The Morgan fingerprint density at radius 1 is 0.600 bits per heavy atom. The highest BCUT2D eigenvalue weighted by atomic mass is 14.9. The summed E-state index contributed by atoms with van der Waals surface area (Å²) in [5.74, 6) is 0. The van der Waals surface area contributed by atoms with E-state index in [9.17, 15) is 0 Å². The molecule has 0 aliphatic heterocycles. The lowest BCUT2D eigenvalue weighted by molar-refractivity contribution is 1.52. The van der Waals surface area contributed by atoms with Crippen LogP contribution >= 0.6 is 0 Å². The highest BCUT2D eigenvalue weighted by Crippen LogP contribution is 2.28. The maximum Gasteiger partial charge on any atom is 0.0485 e. The molecule has 2 heteroatoms. The molecule has 0 unspecified atom stereocenters. The smallest absolute Gasteiger partial charge is 0.0485 e. The van der Waals surface area contributed by atoms with Gasteiger partial charge >= 0.3 is 0 Å². The van der Waals surface area contributed by atoms with Gasteiger partial charge in [0.1, 0.15) is 0 Å². The van der Waals surface area contributed by atoms with Crippen molar-refractivity contribution in [2.75, 3.05) is 5.32 Å². The molecule has 0 radical (unpaired) electrons. The van der Waals surface area contributed by atoms with E-state index < -0.39 is 0 Å². The number of nitrogens with one attached hydrogen (secondary N) is 2. The second-order valence-electron chi connectivity index (χ2n) is 4.92. The van der Waals surface area contributed by atoms with E-state index in [2.05, 4.69) is 64.9 Å². The average Bonchev–Trinajstić information content (AvgIpc) is 2.86. The number of para-hydroxylation sites is 2. The number of hydrogen-bond donors (Lipinski definition) is 2. The van der Waals surface area contributed by atoms with Crippen LogP contribution in [0, 0.1) is 0 Å². The van der Waals surface area contributed by atoms with Gasteiger partial charge in [-0.3, -0.25) is 0 Å². The fourth-order valence-electron chi connectivity index (χ4n) is 2.62. The molecule has 1 aromatic heterocycles. The third kappa shape index (κ3) is 1.82. The first kappa shape index (κ1) is 11.1. The molecule has 4 aromatic rings. The van der Waals surface area contributed by atoms with E-state index in [0.29, 0.717) is 0 Å². The summed E-state index contributed by atoms with van der Waals surface area (Å²) in [5, 5.41) is 5.96. The van der Waals surface area contributed by atoms with Crippen molar-refractivity contribution in [2.45, 2.75) is 0 Å². The first-order valence-corrected chi connectivity index (χ1v) is 6.73. The number of anilines is 2. The largest absolute Gasteiger partial charge is 0.355 e. The fraction of sp³-hybridized carbons (Fsp3) is 0. The Hall–Kier alpha value is -2.74. The quantitative estimate of drug-likeness (QED) is 0.516. The van der Waals surface area contributed by atoms with E-state index in [-0.39, 0.29) is 0 Å². The van der Waals surface area contributed by atoms with Crippen molar-refractivity contribution in [1.29, 1.82) is 0 Å². The summed E-state index contributed by atoms with van der Waals surface area (Å²) in [5.41, 5.74) is 4.53. The van der Waals surface area contributed by atoms with E-state index in [4.69, 9.17) is 0 Å². The van der Waals surface area contributed by atoms with Gasteiger partial charge in [0, 0.05) is 33.2 Å². The number of benzene rings is 3. The van der Waals surface area contributed by atoms with Gasteiger partial charge in [-0.05, 0) is 30.3 Å². The predicted octanol–water partition coefficient (Wildman–Crippen LogP) is 5.06. The normalized spacial score (nSPS) is 11.0. The Morgan fingerprint density at radius 3 is 2.25 bits per heavy atom. The van der Waals surface area contributed by atoms with Gasteiger partial charge in [-0.25, -0.2) is 0 Å². The zero-order chi connectivity index (χ0) is 13.4. The second kappa shape index (κ2) is 4.42. The van der Waals surface area contributed by atoms with Gasteiger partial charge in [-0.15, -0.1) is 0 Å². The van der Waals surface area contributed by atoms with Crippen LogP contribution in [0.1, 0.15) is 0 Å². The summed E-state index contributed by atoms with van der Waals surface area (Å²) in [6, 6.07) is 25.0. The summed E-state index contributed by atoms with van der Waals surface area (Å²) in [6.45, 7) is 0. The summed E-state index contributed by atoms with van der Waals surface area (Å²) in [4.78, 5) is 3.46. The van der Waals surface area contributed by atoms with Gasteiger partial charge < -0.3 is 10.3 Å². The van der Waals surface area contributed by atoms with Crippen LogP contribution in [-0.2, 0) is 0 Å². The molecule has 0 fully saturated rings. The molecule has 2 nitrogen and oxygen atoms in total. The Bertz CT molecular complexity index is 876. The Labute approximate surface area is 117 Å². The summed E-state index contributed by atoms with van der Waals surface area (Å²) in [6.07, 6.45) is 0. The molecule has 2 N–H and O–H groups in total. The Morgan fingerprint density at radius 2 is 1.35 bits per heavy atom. The Kier molecular flexibility index (Phi) is 2.46.